The molecule has 2 N–H and O–H groups in total. The number of halogens is 1. The number of carboxylic acids is 1. The van der Waals surface area contributed by atoms with Crippen molar-refractivity contribution < 1.29 is 14.7 Å². The first-order valence-electron chi connectivity index (χ1n) is 7.77. The van der Waals surface area contributed by atoms with Crippen LogP contribution >= 0.6 is 15.9 Å². The zero-order chi connectivity index (χ0) is 18.7. The molecule has 3 rings (SSSR count). The van der Waals surface area contributed by atoms with Gasteiger partial charge in [0.1, 0.15) is 6.04 Å². The molecule has 1 amide bonds. The number of hydrogen-bond acceptors (Lipinski definition) is 4. The topological polar surface area (TPSA) is 102 Å². The summed E-state index contributed by atoms with van der Waals surface area (Å²) in [6.45, 7) is 2.12. The second-order valence-corrected chi connectivity index (χ2v) is 6.65. The SMILES string of the molecule is CC(C(=O)O)n1cc(C(=O)Nc2ccc(Cn3cc(Br)cn3)cc2)cn1. The highest BCUT2D eigenvalue weighted by Gasteiger charge is 2.16. The Bertz CT molecular complexity index is 932. The third kappa shape index (κ3) is 4.17. The first-order valence-corrected chi connectivity index (χ1v) is 8.57. The van der Waals surface area contributed by atoms with Gasteiger partial charge in [0.05, 0.1) is 29.0 Å². The van der Waals surface area contributed by atoms with E-state index >= 15 is 0 Å². The van der Waals surface area contributed by atoms with Crippen molar-refractivity contribution in [2.24, 2.45) is 0 Å². The van der Waals surface area contributed by atoms with Gasteiger partial charge in [0.25, 0.3) is 5.91 Å². The number of benzene rings is 1. The monoisotopic (exact) mass is 417 g/mol. The van der Waals surface area contributed by atoms with Crippen LogP contribution in [0.25, 0.3) is 0 Å². The number of aromatic nitrogens is 4. The van der Waals surface area contributed by atoms with Crippen molar-refractivity contribution in [3.63, 3.8) is 0 Å². The highest BCUT2D eigenvalue weighted by Crippen LogP contribution is 2.14. The number of amides is 1. The van der Waals surface area contributed by atoms with Gasteiger partial charge in [-0.1, -0.05) is 12.1 Å². The van der Waals surface area contributed by atoms with Gasteiger partial charge in [0.15, 0.2) is 0 Å². The van der Waals surface area contributed by atoms with Crippen molar-refractivity contribution >= 4 is 33.5 Å². The summed E-state index contributed by atoms with van der Waals surface area (Å²) >= 11 is 3.35. The fourth-order valence-electron chi connectivity index (χ4n) is 2.29. The average Bonchev–Trinajstić information content (AvgIpc) is 3.25. The summed E-state index contributed by atoms with van der Waals surface area (Å²) in [5.41, 5.74) is 1.98. The molecule has 1 unspecified atom stereocenters. The predicted molar refractivity (Wildman–Crippen MR) is 98.0 cm³/mol. The molecule has 0 bridgehead atoms. The van der Waals surface area contributed by atoms with Crippen molar-refractivity contribution in [1.29, 1.82) is 0 Å². The first kappa shape index (κ1) is 17.9. The van der Waals surface area contributed by atoms with E-state index in [9.17, 15) is 9.59 Å². The van der Waals surface area contributed by atoms with Crippen molar-refractivity contribution in [3.05, 3.63) is 64.7 Å². The lowest BCUT2D eigenvalue weighted by Gasteiger charge is -2.07. The minimum absolute atomic E-state index is 0.295. The normalized spacial score (nSPS) is 11.9. The van der Waals surface area contributed by atoms with Gasteiger partial charge in [-0.3, -0.25) is 14.2 Å². The number of nitrogens with zero attached hydrogens (tertiary/aromatic N) is 4. The second-order valence-electron chi connectivity index (χ2n) is 5.73. The van der Waals surface area contributed by atoms with Crippen LogP contribution in [0, 0.1) is 0 Å². The molecule has 0 aliphatic carbocycles. The van der Waals surface area contributed by atoms with Gasteiger partial charge in [-0.15, -0.1) is 0 Å². The lowest BCUT2D eigenvalue weighted by molar-refractivity contribution is -0.140. The molecule has 0 radical (unpaired) electrons. The minimum atomic E-state index is -1.01. The molecule has 0 saturated heterocycles. The molecular weight excluding hydrogens is 402 g/mol. The van der Waals surface area contributed by atoms with Crippen molar-refractivity contribution in [2.45, 2.75) is 19.5 Å². The highest BCUT2D eigenvalue weighted by molar-refractivity contribution is 9.10. The zero-order valence-corrected chi connectivity index (χ0v) is 15.4. The molecule has 2 aromatic heterocycles. The summed E-state index contributed by atoms with van der Waals surface area (Å²) in [7, 11) is 0. The fourth-order valence-corrected chi connectivity index (χ4v) is 2.62. The largest absolute Gasteiger partial charge is 0.480 e. The van der Waals surface area contributed by atoms with Gasteiger partial charge in [-0.05, 0) is 40.5 Å². The summed E-state index contributed by atoms with van der Waals surface area (Å²) in [6, 6.07) is 6.58. The number of anilines is 1. The van der Waals surface area contributed by atoms with Gasteiger partial charge in [0.2, 0.25) is 0 Å². The van der Waals surface area contributed by atoms with E-state index in [1.54, 1.807) is 23.0 Å². The fraction of sp³-hybridized carbons (Fsp3) is 0.176. The van der Waals surface area contributed by atoms with E-state index in [0.29, 0.717) is 17.8 Å². The maximum Gasteiger partial charge on any atom is 0.328 e. The van der Waals surface area contributed by atoms with Gasteiger partial charge >= 0.3 is 5.97 Å². The molecule has 0 spiro atoms. The number of hydrogen-bond donors (Lipinski definition) is 2. The van der Waals surface area contributed by atoms with E-state index in [0.717, 1.165) is 10.0 Å². The summed E-state index contributed by atoms with van der Waals surface area (Å²) in [5.74, 6) is -1.36. The lowest BCUT2D eigenvalue weighted by Crippen LogP contribution is -2.16. The Kier molecular flexibility index (Phi) is 5.17. The van der Waals surface area contributed by atoms with Crippen LogP contribution in [0.2, 0.25) is 0 Å². The molecule has 0 aliphatic heterocycles. The van der Waals surface area contributed by atoms with Crippen LogP contribution < -0.4 is 5.32 Å². The van der Waals surface area contributed by atoms with Crippen LogP contribution in [0.15, 0.2) is 53.5 Å². The Labute approximate surface area is 157 Å². The van der Waals surface area contributed by atoms with Crippen molar-refractivity contribution in [2.75, 3.05) is 5.32 Å². The third-order valence-electron chi connectivity index (χ3n) is 3.78. The number of carbonyl (C=O) groups is 2. The van der Waals surface area contributed by atoms with Crippen molar-refractivity contribution in [3.8, 4) is 0 Å². The molecule has 3 aromatic rings. The molecule has 8 nitrogen and oxygen atoms in total. The van der Waals surface area contributed by atoms with Crippen LogP contribution in [0.3, 0.4) is 0 Å². The molecule has 0 saturated carbocycles. The van der Waals surface area contributed by atoms with Gasteiger partial charge < -0.3 is 10.4 Å². The molecule has 134 valence electrons. The van der Waals surface area contributed by atoms with E-state index in [-0.39, 0.29) is 5.91 Å². The number of rotatable bonds is 6. The highest BCUT2D eigenvalue weighted by atomic mass is 79.9. The Balaban J connectivity index is 1.63. The van der Waals surface area contributed by atoms with Gasteiger partial charge in [-0.2, -0.15) is 10.2 Å². The number of carbonyl (C=O) groups excluding carboxylic acids is 1. The lowest BCUT2D eigenvalue weighted by atomic mass is 10.2. The van der Waals surface area contributed by atoms with Crippen LogP contribution in [-0.2, 0) is 11.3 Å². The third-order valence-corrected chi connectivity index (χ3v) is 4.19. The van der Waals surface area contributed by atoms with E-state index in [1.165, 1.54) is 24.0 Å². The zero-order valence-electron chi connectivity index (χ0n) is 13.8. The summed E-state index contributed by atoms with van der Waals surface area (Å²) in [4.78, 5) is 23.2. The maximum atomic E-state index is 12.3. The van der Waals surface area contributed by atoms with E-state index in [4.69, 9.17) is 5.11 Å². The van der Waals surface area contributed by atoms with E-state index < -0.39 is 12.0 Å². The standard InChI is InChI=1S/C17H16BrN5O3/c1-11(17(25)26)23-9-13(6-20-23)16(24)21-15-4-2-12(3-5-15)8-22-10-14(18)7-19-22/h2-7,9-11H,8H2,1H3,(H,21,24)(H,25,26). The van der Waals surface area contributed by atoms with E-state index in [1.807, 2.05) is 18.3 Å². The van der Waals surface area contributed by atoms with Gasteiger partial charge in [0, 0.05) is 18.1 Å². The predicted octanol–water partition coefficient (Wildman–Crippen LogP) is 2.79. The molecule has 2 heterocycles. The number of aliphatic carboxylic acids is 1. The molecular formula is C17H16BrN5O3. The van der Waals surface area contributed by atoms with Crippen LogP contribution in [0.5, 0.6) is 0 Å². The smallest absolute Gasteiger partial charge is 0.328 e. The minimum Gasteiger partial charge on any atom is -0.480 e. The van der Waals surface area contributed by atoms with Crippen LogP contribution in [0.4, 0.5) is 5.69 Å². The molecule has 0 fully saturated rings. The number of carboxylic acid groups (broad SMARTS) is 1. The second kappa shape index (κ2) is 7.52. The molecule has 1 atom stereocenters. The molecule has 9 heteroatoms. The van der Waals surface area contributed by atoms with Crippen molar-refractivity contribution in [1.82, 2.24) is 19.6 Å². The Hall–Kier alpha value is -2.94. The summed E-state index contributed by atoms with van der Waals surface area (Å²) < 4.78 is 3.96. The quantitative estimate of drug-likeness (QED) is 0.641. The molecule has 26 heavy (non-hydrogen) atoms. The molecule has 0 aliphatic rings. The summed E-state index contributed by atoms with van der Waals surface area (Å²) in [5, 5.41) is 19.9. The maximum absolute atomic E-state index is 12.3. The average molecular weight is 418 g/mol. The number of nitrogens with one attached hydrogen (secondary N) is 1. The van der Waals surface area contributed by atoms with Crippen LogP contribution in [-0.4, -0.2) is 36.5 Å². The first-order chi connectivity index (χ1) is 12.4. The molecule has 1 aromatic carbocycles. The van der Waals surface area contributed by atoms with Gasteiger partial charge in [-0.25, -0.2) is 4.79 Å². The summed E-state index contributed by atoms with van der Waals surface area (Å²) in [6.07, 6.45) is 6.36. The Morgan fingerprint density at radius 3 is 2.54 bits per heavy atom. The van der Waals surface area contributed by atoms with Crippen LogP contribution in [0.1, 0.15) is 28.9 Å². The van der Waals surface area contributed by atoms with E-state index in [2.05, 4.69) is 31.4 Å². The Morgan fingerprint density at radius 1 is 1.19 bits per heavy atom. The Morgan fingerprint density at radius 2 is 1.92 bits per heavy atom.